The van der Waals surface area contributed by atoms with E-state index in [2.05, 4.69) is 31.9 Å². The molecule has 2 aromatic carbocycles. The van der Waals surface area contributed by atoms with Gasteiger partial charge in [0.05, 0.1) is 11.4 Å². The SMILES string of the molecule is O=C1S/C(=C\c2cccc(Br)c2)C(=O)N1Cc1ccccc1Br. The van der Waals surface area contributed by atoms with Crippen LogP contribution in [0, 0.1) is 0 Å². The van der Waals surface area contributed by atoms with Gasteiger partial charge in [-0.1, -0.05) is 62.2 Å². The predicted molar refractivity (Wildman–Crippen MR) is 99.8 cm³/mol. The Labute approximate surface area is 155 Å². The van der Waals surface area contributed by atoms with Gasteiger partial charge in [-0.2, -0.15) is 0 Å². The van der Waals surface area contributed by atoms with Crippen molar-refractivity contribution in [3.8, 4) is 0 Å². The van der Waals surface area contributed by atoms with Gasteiger partial charge in [-0.15, -0.1) is 0 Å². The highest BCUT2D eigenvalue weighted by Gasteiger charge is 2.35. The van der Waals surface area contributed by atoms with Crippen LogP contribution in [-0.2, 0) is 11.3 Å². The van der Waals surface area contributed by atoms with Gasteiger partial charge in [-0.05, 0) is 47.2 Å². The Kier molecular flexibility index (Phi) is 5.04. The topological polar surface area (TPSA) is 37.4 Å². The first-order chi connectivity index (χ1) is 11.0. The molecule has 2 aromatic rings. The molecular formula is C17H11Br2NO2S. The number of carbonyl (C=O) groups excluding carboxylic acids is 2. The molecular weight excluding hydrogens is 442 g/mol. The number of thioether (sulfide) groups is 1. The minimum Gasteiger partial charge on any atom is -0.268 e. The summed E-state index contributed by atoms with van der Waals surface area (Å²) in [5.74, 6) is -0.254. The van der Waals surface area contributed by atoms with E-state index in [1.807, 2.05) is 48.5 Å². The van der Waals surface area contributed by atoms with Crippen molar-refractivity contribution in [2.75, 3.05) is 0 Å². The maximum Gasteiger partial charge on any atom is 0.293 e. The van der Waals surface area contributed by atoms with E-state index < -0.39 is 0 Å². The highest BCUT2D eigenvalue weighted by Crippen LogP contribution is 2.34. The molecule has 0 radical (unpaired) electrons. The maximum absolute atomic E-state index is 12.5. The molecule has 1 aliphatic rings. The summed E-state index contributed by atoms with van der Waals surface area (Å²) in [5, 5.41) is -0.244. The van der Waals surface area contributed by atoms with Crippen LogP contribution >= 0.6 is 43.6 Å². The van der Waals surface area contributed by atoms with Crippen molar-refractivity contribution in [1.82, 2.24) is 4.90 Å². The van der Waals surface area contributed by atoms with Crippen LogP contribution in [0.25, 0.3) is 6.08 Å². The number of hydrogen-bond donors (Lipinski definition) is 0. The summed E-state index contributed by atoms with van der Waals surface area (Å²) < 4.78 is 1.81. The van der Waals surface area contributed by atoms with E-state index in [1.54, 1.807) is 6.08 Å². The third kappa shape index (κ3) is 3.76. The minimum absolute atomic E-state index is 0.244. The van der Waals surface area contributed by atoms with Crippen molar-refractivity contribution in [2.24, 2.45) is 0 Å². The number of nitrogens with zero attached hydrogens (tertiary/aromatic N) is 1. The first-order valence-electron chi connectivity index (χ1n) is 6.79. The van der Waals surface area contributed by atoms with E-state index >= 15 is 0 Å². The Balaban J connectivity index is 1.84. The Bertz CT molecular complexity index is 820. The monoisotopic (exact) mass is 451 g/mol. The Hall–Kier alpha value is -1.37. The van der Waals surface area contributed by atoms with E-state index in [0.717, 1.165) is 31.8 Å². The van der Waals surface area contributed by atoms with Crippen LogP contribution < -0.4 is 0 Å². The molecule has 1 aliphatic heterocycles. The van der Waals surface area contributed by atoms with Crippen LogP contribution in [0.5, 0.6) is 0 Å². The van der Waals surface area contributed by atoms with Crippen molar-refractivity contribution >= 4 is 60.8 Å². The smallest absolute Gasteiger partial charge is 0.268 e. The number of halogens is 2. The third-order valence-corrected chi connectivity index (χ3v) is 5.48. The van der Waals surface area contributed by atoms with Crippen molar-refractivity contribution in [3.05, 3.63) is 73.5 Å². The third-order valence-electron chi connectivity index (χ3n) is 3.31. The summed E-state index contributed by atoms with van der Waals surface area (Å²) in [5.41, 5.74) is 1.78. The van der Waals surface area contributed by atoms with Crippen LogP contribution in [0.4, 0.5) is 4.79 Å². The Morgan fingerprint density at radius 2 is 1.83 bits per heavy atom. The van der Waals surface area contributed by atoms with Crippen LogP contribution in [-0.4, -0.2) is 16.0 Å². The molecule has 0 N–H and O–H groups in total. The lowest BCUT2D eigenvalue weighted by Gasteiger charge is -2.13. The average Bonchev–Trinajstić information content (AvgIpc) is 2.77. The summed E-state index contributed by atoms with van der Waals surface area (Å²) in [6.45, 7) is 0.266. The molecule has 1 saturated heterocycles. The van der Waals surface area contributed by atoms with Gasteiger partial charge in [-0.3, -0.25) is 14.5 Å². The van der Waals surface area contributed by atoms with Gasteiger partial charge < -0.3 is 0 Å². The highest BCUT2D eigenvalue weighted by atomic mass is 79.9. The van der Waals surface area contributed by atoms with Crippen LogP contribution in [0.1, 0.15) is 11.1 Å². The maximum atomic E-state index is 12.5. The first kappa shape index (κ1) is 16.5. The lowest BCUT2D eigenvalue weighted by molar-refractivity contribution is -0.123. The number of hydrogen-bond acceptors (Lipinski definition) is 3. The summed E-state index contributed by atoms with van der Waals surface area (Å²) in [6, 6.07) is 15.2. The van der Waals surface area contributed by atoms with E-state index in [1.165, 1.54) is 4.90 Å². The second kappa shape index (κ2) is 7.03. The van der Waals surface area contributed by atoms with Gasteiger partial charge in [0.15, 0.2) is 0 Å². The molecule has 1 heterocycles. The Morgan fingerprint density at radius 3 is 2.57 bits per heavy atom. The Morgan fingerprint density at radius 1 is 1.04 bits per heavy atom. The van der Waals surface area contributed by atoms with Gasteiger partial charge in [0.1, 0.15) is 0 Å². The molecule has 23 heavy (non-hydrogen) atoms. The molecule has 0 aliphatic carbocycles. The molecule has 6 heteroatoms. The van der Waals surface area contributed by atoms with E-state index in [0.29, 0.717) is 4.91 Å². The molecule has 3 nitrogen and oxygen atoms in total. The minimum atomic E-state index is -0.254. The normalized spacial score (nSPS) is 16.4. The largest absolute Gasteiger partial charge is 0.293 e. The molecule has 2 amide bonds. The van der Waals surface area contributed by atoms with Crippen LogP contribution in [0.2, 0.25) is 0 Å². The highest BCUT2D eigenvalue weighted by molar-refractivity contribution is 9.10. The summed E-state index contributed by atoms with van der Waals surface area (Å²) in [4.78, 5) is 26.4. The molecule has 0 bridgehead atoms. The fraction of sp³-hybridized carbons (Fsp3) is 0.0588. The van der Waals surface area contributed by atoms with Gasteiger partial charge >= 0.3 is 0 Å². The second-order valence-electron chi connectivity index (χ2n) is 4.91. The molecule has 0 spiro atoms. The molecule has 0 aromatic heterocycles. The van der Waals surface area contributed by atoms with Crippen molar-refractivity contribution in [1.29, 1.82) is 0 Å². The van der Waals surface area contributed by atoms with Gasteiger partial charge in [-0.25, -0.2) is 0 Å². The summed E-state index contributed by atoms with van der Waals surface area (Å²) >= 11 is 7.82. The molecule has 0 saturated carbocycles. The fourth-order valence-electron chi connectivity index (χ4n) is 2.18. The van der Waals surface area contributed by atoms with E-state index in [4.69, 9.17) is 0 Å². The van der Waals surface area contributed by atoms with Crippen LogP contribution in [0.15, 0.2) is 62.4 Å². The van der Waals surface area contributed by atoms with Gasteiger partial charge in [0.25, 0.3) is 11.1 Å². The number of benzene rings is 2. The fourth-order valence-corrected chi connectivity index (χ4v) is 3.85. The van der Waals surface area contributed by atoms with Crippen molar-refractivity contribution in [3.63, 3.8) is 0 Å². The zero-order chi connectivity index (χ0) is 16.4. The zero-order valence-electron chi connectivity index (χ0n) is 11.8. The van der Waals surface area contributed by atoms with Crippen LogP contribution in [0.3, 0.4) is 0 Å². The lowest BCUT2D eigenvalue weighted by Crippen LogP contribution is -2.27. The van der Waals surface area contributed by atoms with Gasteiger partial charge in [0.2, 0.25) is 0 Å². The number of carbonyl (C=O) groups is 2. The number of rotatable bonds is 3. The standard InChI is InChI=1S/C17H11Br2NO2S/c18-13-6-3-4-11(8-13)9-15-16(21)20(17(22)23-15)10-12-5-1-2-7-14(12)19/h1-9H,10H2/b15-9-. The van der Waals surface area contributed by atoms with Crippen molar-refractivity contribution in [2.45, 2.75) is 6.54 Å². The molecule has 1 fully saturated rings. The molecule has 0 atom stereocenters. The second-order valence-corrected chi connectivity index (χ2v) is 7.68. The molecule has 3 rings (SSSR count). The molecule has 0 unspecified atom stereocenters. The number of amides is 2. The quantitative estimate of drug-likeness (QED) is 0.581. The summed E-state index contributed by atoms with van der Waals surface area (Å²) in [7, 11) is 0. The summed E-state index contributed by atoms with van der Waals surface area (Å²) in [6.07, 6.45) is 1.75. The van der Waals surface area contributed by atoms with E-state index in [9.17, 15) is 9.59 Å². The lowest BCUT2D eigenvalue weighted by atomic mass is 10.2. The predicted octanol–water partition coefficient (Wildman–Crippen LogP) is 5.45. The van der Waals surface area contributed by atoms with E-state index in [-0.39, 0.29) is 17.7 Å². The average molecular weight is 453 g/mol. The van der Waals surface area contributed by atoms with Gasteiger partial charge in [0, 0.05) is 8.95 Å². The number of imide groups is 1. The first-order valence-corrected chi connectivity index (χ1v) is 9.19. The zero-order valence-corrected chi connectivity index (χ0v) is 15.8. The molecule has 116 valence electrons. The van der Waals surface area contributed by atoms with Crippen molar-refractivity contribution < 1.29 is 9.59 Å².